The summed E-state index contributed by atoms with van der Waals surface area (Å²) in [6.07, 6.45) is 1.36. The number of carbonyl (C=O) groups excluding carboxylic acids is 1. The highest BCUT2D eigenvalue weighted by Gasteiger charge is 2.21. The Morgan fingerprint density at radius 3 is 2.86 bits per heavy atom. The van der Waals surface area contributed by atoms with Gasteiger partial charge in [-0.1, -0.05) is 24.3 Å². The Hall–Kier alpha value is -1.72. The van der Waals surface area contributed by atoms with E-state index >= 15 is 0 Å². The van der Waals surface area contributed by atoms with Gasteiger partial charge in [0.05, 0.1) is 12.1 Å². The standard InChI is InChI=1S/C17H21N3OS/c1-19(2)11-16-18-15(12-22-16)9-17(21)20-8-7-13-5-3-4-6-14(13)10-20/h3-6,12H,7-11H2,1-2H3. The van der Waals surface area contributed by atoms with Crippen LogP contribution in [-0.4, -0.2) is 41.3 Å². The molecule has 0 bridgehead atoms. The Balaban J connectivity index is 1.62. The molecule has 1 aliphatic rings. The summed E-state index contributed by atoms with van der Waals surface area (Å²) in [7, 11) is 4.05. The van der Waals surface area contributed by atoms with E-state index in [9.17, 15) is 4.79 Å². The molecule has 0 N–H and O–H groups in total. The first-order valence-electron chi connectivity index (χ1n) is 7.54. The maximum Gasteiger partial charge on any atom is 0.228 e. The molecule has 1 amide bonds. The number of hydrogen-bond acceptors (Lipinski definition) is 4. The number of aromatic nitrogens is 1. The Morgan fingerprint density at radius 1 is 1.32 bits per heavy atom. The maximum atomic E-state index is 12.5. The van der Waals surface area contributed by atoms with E-state index in [0.717, 1.165) is 36.8 Å². The third-order valence-electron chi connectivity index (χ3n) is 3.87. The van der Waals surface area contributed by atoms with Crippen LogP contribution >= 0.6 is 11.3 Å². The Labute approximate surface area is 135 Å². The highest BCUT2D eigenvalue weighted by Crippen LogP contribution is 2.20. The van der Waals surface area contributed by atoms with Gasteiger partial charge in [0.25, 0.3) is 0 Å². The SMILES string of the molecule is CN(C)Cc1nc(CC(=O)N2CCc3ccccc3C2)cs1. The van der Waals surface area contributed by atoms with Crippen LogP contribution < -0.4 is 0 Å². The molecule has 5 heteroatoms. The van der Waals surface area contributed by atoms with Gasteiger partial charge in [-0.25, -0.2) is 4.98 Å². The van der Waals surface area contributed by atoms with Crippen molar-refractivity contribution in [2.24, 2.45) is 0 Å². The summed E-state index contributed by atoms with van der Waals surface area (Å²) in [5, 5.41) is 3.08. The van der Waals surface area contributed by atoms with Gasteiger partial charge in [-0.2, -0.15) is 0 Å². The van der Waals surface area contributed by atoms with Gasteiger partial charge in [0.15, 0.2) is 0 Å². The predicted molar refractivity (Wildman–Crippen MR) is 88.8 cm³/mol. The zero-order chi connectivity index (χ0) is 15.5. The van der Waals surface area contributed by atoms with Crippen LogP contribution in [0.25, 0.3) is 0 Å². The van der Waals surface area contributed by atoms with Gasteiger partial charge in [-0.3, -0.25) is 4.79 Å². The zero-order valence-corrected chi connectivity index (χ0v) is 13.9. The van der Waals surface area contributed by atoms with Crippen LogP contribution in [0.15, 0.2) is 29.6 Å². The van der Waals surface area contributed by atoms with E-state index in [1.54, 1.807) is 11.3 Å². The molecule has 22 heavy (non-hydrogen) atoms. The number of hydrogen-bond donors (Lipinski definition) is 0. The average Bonchev–Trinajstić information content (AvgIpc) is 2.93. The number of nitrogens with zero attached hydrogens (tertiary/aromatic N) is 3. The first-order chi connectivity index (χ1) is 10.6. The lowest BCUT2D eigenvalue weighted by Crippen LogP contribution is -2.36. The number of carbonyl (C=O) groups is 1. The highest BCUT2D eigenvalue weighted by molar-refractivity contribution is 7.09. The summed E-state index contributed by atoms with van der Waals surface area (Å²) in [6.45, 7) is 2.37. The molecule has 2 heterocycles. The smallest absolute Gasteiger partial charge is 0.228 e. The first kappa shape index (κ1) is 15.2. The molecule has 0 radical (unpaired) electrons. The zero-order valence-electron chi connectivity index (χ0n) is 13.1. The van der Waals surface area contributed by atoms with Crippen LogP contribution in [0.1, 0.15) is 21.8 Å². The minimum absolute atomic E-state index is 0.177. The molecule has 1 aromatic carbocycles. The maximum absolute atomic E-state index is 12.5. The molecule has 0 atom stereocenters. The molecule has 0 saturated carbocycles. The van der Waals surface area contributed by atoms with Gasteiger partial charge in [-0.15, -0.1) is 11.3 Å². The molecule has 2 aromatic rings. The fourth-order valence-corrected chi connectivity index (χ4v) is 3.66. The Kier molecular flexibility index (Phi) is 4.55. The van der Waals surface area contributed by atoms with Gasteiger partial charge in [0, 0.05) is 25.0 Å². The van der Waals surface area contributed by atoms with Crippen molar-refractivity contribution in [3.63, 3.8) is 0 Å². The molecule has 0 fully saturated rings. The van der Waals surface area contributed by atoms with Crippen LogP contribution in [0.5, 0.6) is 0 Å². The van der Waals surface area contributed by atoms with E-state index in [-0.39, 0.29) is 5.91 Å². The largest absolute Gasteiger partial charge is 0.338 e. The third kappa shape index (κ3) is 3.54. The molecule has 3 rings (SSSR count). The van der Waals surface area contributed by atoms with Crippen molar-refractivity contribution in [1.82, 2.24) is 14.8 Å². The van der Waals surface area contributed by atoms with Crippen LogP contribution in [0.4, 0.5) is 0 Å². The third-order valence-corrected chi connectivity index (χ3v) is 4.75. The van der Waals surface area contributed by atoms with Gasteiger partial charge in [0.1, 0.15) is 5.01 Å². The summed E-state index contributed by atoms with van der Waals surface area (Å²) in [6, 6.07) is 8.39. The fraction of sp³-hybridized carbons (Fsp3) is 0.412. The summed E-state index contributed by atoms with van der Waals surface area (Å²) < 4.78 is 0. The molecule has 0 saturated heterocycles. The molecule has 1 aromatic heterocycles. The normalized spacial score (nSPS) is 14.2. The Morgan fingerprint density at radius 2 is 2.09 bits per heavy atom. The van der Waals surface area contributed by atoms with Crippen molar-refractivity contribution in [3.05, 3.63) is 51.5 Å². The first-order valence-corrected chi connectivity index (χ1v) is 8.42. The second kappa shape index (κ2) is 6.58. The molecule has 0 unspecified atom stereocenters. The van der Waals surface area contributed by atoms with E-state index in [1.165, 1.54) is 11.1 Å². The molecular formula is C17H21N3OS. The van der Waals surface area contributed by atoms with Crippen molar-refractivity contribution in [3.8, 4) is 0 Å². The van der Waals surface area contributed by atoms with Crippen molar-refractivity contribution in [2.75, 3.05) is 20.6 Å². The van der Waals surface area contributed by atoms with E-state index in [1.807, 2.05) is 30.4 Å². The van der Waals surface area contributed by atoms with Crippen LogP contribution in [0, 0.1) is 0 Å². The minimum Gasteiger partial charge on any atom is -0.338 e. The molecular weight excluding hydrogens is 294 g/mol. The summed E-state index contributed by atoms with van der Waals surface area (Å²) in [4.78, 5) is 21.1. The minimum atomic E-state index is 0.177. The lowest BCUT2D eigenvalue weighted by Gasteiger charge is -2.28. The fourth-order valence-electron chi connectivity index (χ4n) is 2.75. The molecule has 0 aliphatic carbocycles. The quantitative estimate of drug-likeness (QED) is 0.869. The topological polar surface area (TPSA) is 36.4 Å². The highest BCUT2D eigenvalue weighted by atomic mass is 32.1. The summed E-state index contributed by atoms with van der Waals surface area (Å²) >= 11 is 1.63. The number of rotatable bonds is 4. The van der Waals surface area contributed by atoms with Gasteiger partial charge >= 0.3 is 0 Å². The second-order valence-corrected chi connectivity index (χ2v) is 6.92. The molecule has 4 nitrogen and oxygen atoms in total. The number of amides is 1. The van der Waals surface area contributed by atoms with Crippen molar-refractivity contribution in [2.45, 2.75) is 25.9 Å². The lowest BCUT2D eigenvalue weighted by molar-refractivity contribution is -0.131. The number of benzene rings is 1. The average molecular weight is 315 g/mol. The van der Waals surface area contributed by atoms with Crippen LogP contribution in [0.2, 0.25) is 0 Å². The predicted octanol–water partition coefficient (Wildman–Crippen LogP) is 2.33. The van der Waals surface area contributed by atoms with Crippen LogP contribution in [0.3, 0.4) is 0 Å². The van der Waals surface area contributed by atoms with Gasteiger partial charge in [0.2, 0.25) is 5.91 Å². The van der Waals surface area contributed by atoms with Gasteiger partial charge in [-0.05, 0) is 31.6 Å². The van der Waals surface area contributed by atoms with E-state index in [2.05, 4.69) is 28.1 Å². The van der Waals surface area contributed by atoms with Crippen molar-refractivity contribution in [1.29, 1.82) is 0 Å². The van der Waals surface area contributed by atoms with E-state index < -0.39 is 0 Å². The van der Waals surface area contributed by atoms with E-state index in [0.29, 0.717) is 6.42 Å². The number of fused-ring (bicyclic) bond motifs is 1. The van der Waals surface area contributed by atoms with E-state index in [4.69, 9.17) is 0 Å². The van der Waals surface area contributed by atoms with Crippen molar-refractivity contribution >= 4 is 17.2 Å². The monoisotopic (exact) mass is 315 g/mol. The van der Waals surface area contributed by atoms with Crippen LogP contribution in [-0.2, 0) is 30.7 Å². The second-order valence-electron chi connectivity index (χ2n) is 5.98. The number of thiazole rings is 1. The molecule has 116 valence electrons. The van der Waals surface area contributed by atoms with Crippen molar-refractivity contribution < 1.29 is 4.79 Å². The lowest BCUT2D eigenvalue weighted by atomic mass is 10.00. The summed E-state index contributed by atoms with van der Waals surface area (Å²) in [5.41, 5.74) is 3.54. The van der Waals surface area contributed by atoms with Gasteiger partial charge < -0.3 is 9.80 Å². The molecule has 0 spiro atoms. The summed E-state index contributed by atoms with van der Waals surface area (Å²) in [5.74, 6) is 0.177. The molecule has 1 aliphatic heterocycles. The Bertz CT molecular complexity index is 665.